The molecule has 1 saturated carbocycles. The van der Waals surface area contributed by atoms with Gasteiger partial charge in [0.2, 0.25) is 5.91 Å². The molecule has 0 aromatic rings. The summed E-state index contributed by atoms with van der Waals surface area (Å²) in [6.07, 6.45) is 6.15. The van der Waals surface area contributed by atoms with Gasteiger partial charge in [0.25, 0.3) is 0 Å². The minimum atomic E-state index is -0.0448. The summed E-state index contributed by atoms with van der Waals surface area (Å²) in [4.78, 5) is 15.9. The Morgan fingerprint density at radius 2 is 1.78 bits per heavy atom. The van der Waals surface area contributed by atoms with Gasteiger partial charge in [-0.25, -0.2) is 4.99 Å². The van der Waals surface area contributed by atoms with Gasteiger partial charge >= 0.3 is 0 Å². The number of carbonyl (C=O) groups is 1. The van der Waals surface area contributed by atoms with E-state index in [4.69, 9.17) is 4.74 Å². The van der Waals surface area contributed by atoms with Gasteiger partial charge < -0.3 is 20.7 Å². The molecule has 0 heterocycles. The molecule has 1 aliphatic carbocycles. The highest BCUT2D eigenvalue weighted by Gasteiger charge is 2.33. The zero-order chi connectivity index (χ0) is 17.0. The maximum absolute atomic E-state index is 11.6. The van der Waals surface area contributed by atoms with Crippen molar-refractivity contribution in [3.63, 3.8) is 0 Å². The van der Waals surface area contributed by atoms with Crippen molar-refractivity contribution in [1.82, 2.24) is 16.0 Å². The summed E-state index contributed by atoms with van der Waals surface area (Å²) in [6.45, 7) is 10.1. The molecule has 1 fully saturated rings. The number of amides is 1. The van der Waals surface area contributed by atoms with Gasteiger partial charge in [-0.3, -0.25) is 4.79 Å². The number of aliphatic imine (C=N–C) groups is 1. The Balaban J connectivity index is 2.53. The highest BCUT2D eigenvalue weighted by Crippen LogP contribution is 2.40. The van der Waals surface area contributed by atoms with E-state index in [1.807, 2.05) is 20.8 Å². The molecule has 0 aromatic carbocycles. The average molecular weight is 326 g/mol. The summed E-state index contributed by atoms with van der Waals surface area (Å²) in [7, 11) is 0. The lowest BCUT2D eigenvalue weighted by Crippen LogP contribution is -2.44. The van der Waals surface area contributed by atoms with E-state index >= 15 is 0 Å². The number of nitrogens with zero attached hydrogens (tertiary/aromatic N) is 1. The van der Waals surface area contributed by atoms with E-state index in [1.54, 1.807) is 0 Å². The van der Waals surface area contributed by atoms with Crippen LogP contribution in [0.2, 0.25) is 0 Å². The molecule has 1 rings (SSSR count). The summed E-state index contributed by atoms with van der Waals surface area (Å²) in [5.41, 5.74) is 0.303. The van der Waals surface area contributed by atoms with Gasteiger partial charge in [-0.05, 0) is 45.4 Å². The number of likely N-dealkylation sites (N-methyl/N-ethyl adjacent to an activating group) is 1. The quantitative estimate of drug-likeness (QED) is 0.324. The third-order valence-corrected chi connectivity index (χ3v) is 4.37. The smallest absolute Gasteiger partial charge is 0.241 e. The monoisotopic (exact) mass is 326 g/mol. The molecular formula is C17H34N4O2. The number of guanidine groups is 1. The summed E-state index contributed by atoms with van der Waals surface area (Å²) in [5, 5.41) is 9.41. The van der Waals surface area contributed by atoms with Crippen LogP contribution in [0.3, 0.4) is 0 Å². The van der Waals surface area contributed by atoms with Gasteiger partial charge in [0.05, 0.1) is 0 Å². The van der Waals surface area contributed by atoms with Gasteiger partial charge in [-0.2, -0.15) is 0 Å². The predicted octanol–water partition coefficient (Wildman–Crippen LogP) is 1.66. The van der Waals surface area contributed by atoms with Crippen molar-refractivity contribution in [2.24, 2.45) is 10.4 Å². The van der Waals surface area contributed by atoms with E-state index < -0.39 is 0 Å². The first-order chi connectivity index (χ1) is 11.2. The molecule has 0 aliphatic heterocycles. The van der Waals surface area contributed by atoms with Gasteiger partial charge in [0, 0.05) is 32.8 Å². The van der Waals surface area contributed by atoms with Crippen LogP contribution >= 0.6 is 0 Å². The van der Waals surface area contributed by atoms with Crippen LogP contribution in [-0.4, -0.2) is 51.3 Å². The van der Waals surface area contributed by atoms with Gasteiger partial charge in [0.1, 0.15) is 6.54 Å². The van der Waals surface area contributed by atoms with E-state index in [9.17, 15) is 4.79 Å². The number of hydrogen-bond donors (Lipinski definition) is 3. The maximum atomic E-state index is 11.6. The lowest BCUT2D eigenvalue weighted by Gasteiger charge is -2.30. The second-order valence-electron chi connectivity index (χ2n) is 6.16. The molecule has 6 heteroatoms. The summed E-state index contributed by atoms with van der Waals surface area (Å²) in [5.74, 6) is 0.679. The predicted molar refractivity (Wildman–Crippen MR) is 94.7 cm³/mol. The molecule has 0 radical (unpaired) electrons. The van der Waals surface area contributed by atoms with Crippen molar-refractivity contribution in [2.45, 2.75) is 52.9 Å². The molecule has 0 aromatic heterocycles. The standard InChI is InChI=1S/C17H34N4O2/c1-4-18-15(22)13-20-16(19-5-2)21-14-17(9-7-8-10-17)11-12-23-6-3/h4-14H2,1-3H3,(H,18,22)(H2,19,20,21). The Kier molecular flexibility index (Phi) is 9.67. The minimum Gasteiger partial charge on any atom is -0.382 e. The Morgan fingerprint density at radius 3 is 2.39 bits per heavy atom. The fraction of sp³-hybridized carbons (Fsp3) is 0.882. The third kappa shape index (κ3) is 7.68. The minimum absolute atomic E-state index is 0.0448. The molecule has 3 N–H and O–H groups in total. The first-order valence-corrected chi connectivity index (χ1v) is 9.02. The summed E-state index contributed by atoms with van der Waals surface area (Å²) < 4.78 is 5.55. The normalized spacial score (nSPS) is 17.1. The van der Waals surface area contributed by atoms with Crippen molar-refractivity contribution in [1.29, 1.82) is 0 Å². The number of nitrogens with one attached hydrogen (secondary N) is 3. The van der Waals surface area contributed by atoms with Crippen molar-refractivity contribution in [3.05, 3.63) is 0 Å². The van der Waals surface area contributed by atoms with Crippen LogP contribution in [-0.2, 0) is 9.53 Å². The van der Waals surface area contributed by atoms with E-state index in [0.29, 0.717) is 12.0 Å². The molecule has 23 heavy (non-hydrogen) atoms. The number of carbonyl (C=O) groups excluding carboxylic acids is 1. The third-order valence-electron chi connectivity index (χ3n) is 4.37. The maximum Gasteiger partial charge on any atom is 0.241 e. The summed E-state index contributed by atoms with van der Waals surface area (Å²) in [6, 6.07) is 0. The lowest BCUT2D eigenvalue weighted by molar-refractivity contribution is -0.119. The van der Waals surface area contributed by atoms with Gasteiger partial charge in [-0.1, -0.05) is 12.8 Å². The number of rotatable bonds is 10. The molecule has 0 atom stereocenters. The molecule has 0 unspecified atom stereocenters. The van der Waals surface area contributed by atoms with Crippen LogP contribution in [0.1, 0.15) is 52.9 Å². The Labute approximate surface area is 140 Å². The van der Waals surface area contributed by atoms with Crippen molar-refractivity contribution >= 4 is 11.9 Å². The van der Waals surface area contributed by atoms with E-state index in [2.05, 4.69) is 20.9 Å². The van der Waals surface area contributed by atoms with Crippen molar-refractivity contribution < 1.29 is 9.53 Å². The van der Waals surface area contributed by atoms with Crippen LogP contribution in [0.5, 0.6) is 0 Å². The Hall–Kier alpha value is -1.30. The fourth-order valence-corrected chi connectivity index (χ4v) is 3.09. The van der Waals surface area contributed by atoms with Crippen LogP contribution in [0.25, 0.3) is 0 Å². The van der Waals surface area contributed by atoms with Gasteiger partial charge in [0.15, 0.2) is 5.96 Å². The molecule has 1 amide bonds. The van der Waals surface area contributed by atoms with Crippen LogP contribution in [0, 0.1) is 5.41 Å². The fourth-order valence-electron chi connectivity index (χ4n) is 3.09. The van der Waals surface area contributed by atoms with E-state index in [1.165, 1.54) is 25.7 Å². The number of hydrogen-bond acceptors (Lipinski definition) is 3. The topological polar surface area (TPSA) is 74.8 Å². The highest BCUT2D eigenvalue weighted by atomic mass is 16.5. The van der Waals surface area contributed by atoms with E-state index in [0.717, 1.165) is 38.7 Å². The SMILES string of the molecule is CCNC(=O)CN=C(NCC)NCC1(CCOCC)CCCC1. The molecule has 0 saturated heterocycles. The second kappa shape index (κ2) is 11.3. The molecule has 6 nitrogen and oxygen atoms in total. The second-order valence-corrected chi connectivity index (χ2v) is 6.16. The molecule has 134 valence electrons. The van der Waals surface area contributed by atoms with Crippen LogP contribution < -0.4 is 16.0 Å². The molecule has 0 spiro atoms. The summed E-state index contributed by atoms with van der Waals surface area (Å²) >= 11 is 0. The molecule has 1 aliphatic rings. The largest absolute Gasteiger partial charge is 0.382 e. The zero-order valence-corrected chi connectivity index (χ0v) is 15.0. The van der Waals surface area contributed by atoms with Crippen LogP contribution in [0.15, 0.2) is 4.99 Å². The molecular weight excluding hydrogens is 292 g/mol. The van der Waals surface area contributed by atoms with E-state index in [-0.39, 0.29) is 12.5 Å². The lowest BCUT2D eigenvalue weighted by atomic mass is 9.83. The Bertz CT molecular complexity index is 366. The Morgan fingerprint density at radius 1 is 1.09 bits per heavy atom. The van der Waals surface area contributed by atoms with Gasteiger partial charge in [-0.15, -0.1) is 0 Å². The van der Waals surface area contributed by atoms with Crippen molar-refractivity contribution in [2.75, 3.05) is 39.4 Å². The highest BCUT2D eigenvalue weighted by molar-refractivity contribution is 5.84. The molecule has 0 bridgehead atoms. The van der Waals surface area contributed by atoms with Crippen LogP contribution in [0.4, 0.5) is 0 Å². The zero-order valence-electron chi connectivity index (χ0n) is 15.0. The average Bonchev–Trinajstić information content (AvgIpc) is 3.00. The first-order valence-electron chi connectivity index (χ1n) is 9.02. The number of ether oxygens (including phenoxy) is 1. The first kappa shape index (κ1) is 19.7. The van der Waals surface area contributed by atoms with Crippen molar-refractivity contribution in [3.8, 4) is 0 Å².